The molecule has 0 aliphatic rings. The molecular formula is C17H20N2O. The van der Waals surface area contributed by atoms with Crippen molar-refractivity contribution in [3.05, 3.63) is 54.1 Å². The molecule has 2 aromatic rings. The van der Waals surface area contributed by atoms with Crippen molar-refractivity contribution in [2.45, 2.75) is 32.6 Å². The fourth-order valence-electron chi connectivity index (χ4n) is 1.94. The van der Waals surface area contributed by atoms with Crippen LogP contribution < -0.4 is 0 Å². The fraction of sp³-hybridized carbons (Fsp3) is 0.294. The zero-order chi connectivity index (χ0) is 14.2. The van der Waals surface area contributed by atoms with Crippen LogP contribution in [0.15, 0.2) is 58.8 Å². The third-order valence-corrected chi connectivity index (χ3v) is 3.14. The third kappa shape index (κ3) is 4.50. The number of benzene rings is 2. The maximum atomic E-state index is 9.19. The van der Waals surface area contributed by atoms with E-state index in [2.05, 4.69) is 29.3 Å². The lowest BCUT2D eigenvalue weighted by Crippen LogP contribution is -1.83. The van der Waals surface area contributed by atoms with Gasteiger partial charge < -0.3 is 5.11 Å². The minimum atomic E-state index is 0.236. The molecule has 0 amide bonds. The molecule has 0 aromatic heterocycles. The lowest BCUT2D eigenvalue weighted by molar-refractivity contribution is 0.475. The second-order valence-electron chi connectivity index (χ2n) is 4.84. The highest BCUT2D eigenvalue weighted by Crippen LogP contribution is 2.21. The molecule has 0 heterocycles. The number of nitrogens with zero attached hydrogens (tertiary/aromatic N) is 2. The standard InChI is InChI=1S/C17H20N2O/c1-2-3-4-5-14-6-8-15(9-7-14)18-19-16-10-12-17(20)13-11-16/h6-13,20H,2-5H2,1H3/b19-18+. The molecule has 3 heteroatoms. The zero-order valence-electron chi connectivity index (χ0n) is 11.8. The van der Waals surface area contributed by atoms with Crippen LogP contribution in [0.3, 0.4) is 0 Å². The van der Waals surface area contributed by atoms with Gasteiger partial charge in [-0.25, -0.2) is 0 Å². The van der Waals surface area contributed by atoms with Gasteiger partial charge in [-0.1, -0.05) is 31.9 Å². The first-order valence-corrected chi connectivity index (χ1v) is 7.07. The summed E-state index contributed by atoms with van der Waals surface area (Å²) in [6.07, 6.45) is 4.90. The molecular weight excluding hydrogens is 248 g/mol. The Morgan fingerprint density at radius 3 is 1.90 bits per heavy atom. The number of phenolic OH excluding ortho intramolecular Hbond substituents is 1. The minimum Gasteiger partial charge on any atom is -0.508 e. The van der Waals surface area contributed by atoms with Crippen molar-refractivity contribution in [2.24, 2.45) is 10.2 Å². The second kappa shape index (κ2) is 7.43. The van der Waals surface area contributed by atoms with Crippen molar-refractivity contribution in [2.75, 3.05) is 0 Å². The Morgan fingerprint density at radius 2 is 1.35 bits per heavy atom. The van der Waals surface area contributed by atoms with Crippen molar-refractivity contribution < 1.29 is 5.11 Å². The number of rotatable bonds is 6. The van der Waals surface area contributed by atoms with Crippen LogP contribution in [0.25, 0.3) is 0 Å². The lowest BCUT2D eigenvalue weighted by atomic mass is 10.1. The van der Waals surface area contributed by atoms with E-state index in [1.165, 1.54) is 24.8 Å². The number of aromatic hydroxyl groups is 1. The first-order valence-electron chi connectivity index (χ1n) is 7.07. The minimum absolute atomic E-state index is 0.236. The number of aryl methyl sites for hydroxylation is 1. The Morgan fingerprint density at radius 1 is 0.800 bits per heavy atom. The molecule has 0 saturated heterocycles. The first-order chi connectivity index (χ1) is 9.78. The SMILES string of the molecule is CCCCCc1ccc(/N=N/c2ccc(O)cc2)cc1. The van der Waals surface area contributed by atoms with E-state index >= 15 is 0 Å². The van der Waals surface area contributed by atoms with E-state index in [4.69, 9.17) is 0 Å². The number of hydrogen-bond donors (Lipinski definition) is 1. The highest BCUT2D eigenvalue weighted by atomic mass is 16.3. The monoisotopic (exact) mass is 268 g/mol. The second-order valence-corrected chi connectivity index (χ2v) is 4.84. The normalized spacial score (nSPS) is 11.1. The summed E-state index contributed by atoms with van der Waals surface area (Å²) in [7, 11) is 0. The summed E-state index contributed by atoms with van der Waals surface area (Å²) in [5.41, 5.74) is 2.93. The van der Waals surface area contributed by atoms with Crippen molar-refractivity contribution in [1.82, 2.24) is 0 Å². The van der Waals surface area contributed by atoms with Gasteiger partial charge in [0.15, 0.2) is 0 Å². The van der Waals surface area contributed by atoms with Gasteiger partial charge >= 0.3 is 0 Å². The van der Waals surface area contributed by atoms with E-state index in [0.717, 1.165) is 17.8 Å². The molecule has 3 nitrogen and oxygen atoms in total. The van der Waals surface area contributed by atoms with Gasteiger partial charge in [0.2, 0.25) is 0 Å². The summed E-state index contributed by atoms with van der Waals surface area (Å²) in [6, 6.07) is 14.9. The third-order valence-electron chi connectivity index (χ3n) is 3.14. The molecule has 1 N–H and O–H groups in total. The molecule has 0 aliphatic carbocycles. The molecule has 0 saturated carbocycles. The number of unbranched alkanes of at least 4 members (excludes halogenated alkanes) is 2. The zero-order valence-corrected chi connectivity index (χ0v) is 11.8. The molecule has 0 atom stereocenters. The number of azo groups is 1. The van der Waals surface area contributed by atoms with Crippen molar-refractivity contribution in [1.29, 1.82) is 0 Å². The lowest BCUT2D eigenvalue weighted by Gasteiger charge is -2.00. The summed E-state index contributed by atoms with van der Waals surface area (Å²) >= 11 is 0. The summed E-state index contributed by atoms with van der Waals surface area (Å²) in [6.45, 7) is 2.22. The smallest absolute Gasteiger partial charge is 0.115 e. The molecule has 0 fully saturated rings. The van der Waals surface area contributed by atoms with Gasteiger partial charge in [0.05, 0.1) is 11.4 Å². The Labute approximate surface area is 120 Å². The molecule has 0 bridgehead atoms. The summed E-state index contributed by atoms with van der Waals surface area (Å²) in [4.78, 5) is 0. The van der Waals surface area contributed by atoms with Crippen molar-refractivity contribution in [3.8, 4) is 5.75 Å². The van der Waals surface area contributed by atoms with E-state index in [1.54, 1.807) is 24.3 Å². The molecule has 20 heavy (non-hydrogen) atoms. The molecule has 0 unspecified atom stereocenters. The summed E-state index contributed by atoms with van der Waals surface area (Å²) < 4.78 is 0. The molecule has 0 spiro atoms. The average Bonchev–Trinajstić information content (AvgIpc) is 2.48. The number of phenols is 1. The number of hydrogen-bond acceptors (Lipinski definition) is 3. The van der Waals surface area contributed by atoms with Crippen LogP contribution in [-0.4, -0.2) is 5.11 Å². The molecule has 2 aromatic carbocycles. The van der Waals surface area contributed by atoms with Gasteiger partial charge in [-0.3, -0.25) is 0 Å². The maximum absolute atomic E-state index is 9.19. The topological polar surface area (TPSA) is 45.0 Å². The highest BCUT2D eigenvalue weighted by molar-refractivity contribution is 5.42. The highest BCUT2D eigenvalue weighted by Gasteiger charge is 1.95. The molecule has 104 valence electrons. The van der Waals surface area contributed by atoms with Gasteiger partial charge in [0, 0.05) is 0 Å². The largest absolute Gasteiger partial charge is 0.508 e. The van der Waals surface area contributed by atoms with Crippen molar-refractivity contribution in [3.63, 3.8) is 0 Å². The first kappa shape index (κ1) is 14.3. The Bertz CT molecular complexity index is 544. The van der Waals surface area contributed by atoms with Crippen LogP contribution in [0.1, 0.15) is 31.7 Å². The Balaban J connectivity index is 1.94. The van der Waals surface area contributed by atoms with Gasteiger partial charge in [-0.2, -0.15) is 10.2 Å². The van der Waals surface area contributed by atoms with Gasteiger partial charge in [-0.15, -0.1) is 0 Å². The van der Waals surface area contributed by atoms with Crippen molar-refractivity contribution >= 4 is 11.4 Å². The van der Waals surface area contributed by atoms with Crippen LogP contribution in [0.4, 0.5) is 11.4 Å². The van der Waals surface area contributed by atoms with Gasteiger partial charge in [0.25, 0.3) is 0 Å². The Kier molecular flexibility index (Phi) is 5.30. The van der Waals surface area contributed by atoms with E-state index in [-0.39, 0.29) is 5.75 Å². The predicted molar refractivity (Wildman–Crippen MR) is 82.0 cm³/mol. The van der Waals surface area contributed by atoms with E-state index in [1.807, 2.05) is 12.1 Å². The van der Waals surface area contributed by atoms with E-state index < -0.39 is 0 Å². The van der Waals surface area contributed by atoms with Crippen LogP contribution in [0.2, 0.25) is 0 Å². The Hall–Kier alpha value is -2.16. The van der Waals surface area contributed by atoms with Crippen LogP contribution in [0, 0.1) is 0 Å². The van der Waals surface area contributed by atoms with E-state index in [9.17, 15) is 5.11 Å². The molecule has 0 aliphatic heterocycles. The summed E-state index contributed by atoms with van der Waals surface area (Å²) in [5, 5.41) is 17.5. The maximum Gasteiger partial charge on any atom is 0.115 e. The van der Waals surface area contributed by atoms with Crippen LogP contribution in [-0.2, 0) is 6.42 Å². The molecule has 2 rings (SSSR count). The molecule has 0 radical (unpaired) electrons. The van der Waals surface area contributed by atoms with Crippen LogP contribution in [0.5, 0.6) is 5.75 Å². The van der Waals surface area contributed by atoms with Gasteiger partial charge in [-0.05, 0) is 54.8 Å². The predicted octanol–water partition coefficient (Wildman–Crippen LogP) is 5.54. The average molecular weight is 268 g/mol. The fourth-order valence-corrected chi connectivity index (χ4v) is 1.94. The summed E-state index contributed by atoms with van der Waals surface area (Å²) in [5.74, 6) is 0.236. The van der Waals surface area contributed by atoms with Crippen LogP contribution >= 0.6 is 0 Å². The van der Waals surface area contributed by atoms with Gasteiger partial charge in [0.1, 0.15) is 5.75 Å². The quantitative estimate of drug-likeness (QED) is 0.542. The van der Waals surface area contributed by atoms with E-state index in [0.29, 0.717) is 0 Å².